The molecule has 4 rings (SSSR count). The number of furan rings is 1. The van der Waals surface area contributed by atoms with Gasteiger partial charge in [-0.3, -0.25) is 14.9 Å². The number of aromatic nitrogens is 6. The number of carbonyl (C=O) groups excluding carboxylic acids is 1. The number of carbonyl (C=O) groups is 1. The van der Waals surface area contributed by atoms with Crippen LogP contribution < -0.4 is 10.9 Å². The number of nitrogens with one attached hydrogen (secondary N) is 2. The van der Waals surface area contributed by atoms with E-state index in [0.29, 0.717) is 28.5 Å². The Kier molecular flexibility index (Phi) is 5.13. The Labute approximate surface area is 163 Å². The molecule has 3 aromatic heterocycles. The molecule has 0 aromatic carbocycles. The van der Waals surface area contributed by atoms with Crippen molar-refractivity contribution in [1.82, 2.24) is 30.4 Å². The lowest BCUT2D eigenvalue weighted by Gasteiger charge is -2.09. The van der Waals surface area contributed by atoms with Gasteiger partial charge in [-0.25, -0.2) is 9.78 Å². The number of aromatic amines is 1. The first kappa shape index (κ1) is 18.6. The van der Waals surface area contributed by atoms with Gasteiger partial charge in [0.05, 0.1) is 29.5 Å². The lowest BCUT2D eigenvalue weighted by atomic mass is 10.2. The Balaban J connectivity index is 1.44. The summed E-state index contributed by atoms with van der Waals surface area (Å²) in [6, 6.07) is 0. The largest absolute Gasteiger partial charge is 0.444 e. The van der Waals surface area contributed by atoms with Crippen molar-refractivity contribution < 1.29 is 13.9 Å². The van der Waals surface area contributed by atoms with E-state index in [9.17, 15) is 9.59 Å². The van der Waals surface area contributed by atoms with Crippen molar-refractivity contribution in [2.75, 3.05) is 17.7 Å². The third kappa shape index (κ3) is 3.64. The van der Waals surface area contributed by atoms with E-state index >= 15 is 0 Å². The number of hydrogen-bond donors (Lipinski definition) is 2. The van der Waals surface area contributed by atoms with Gasteiger partial charge < -0.3 is 9.15 Å². The van der Waals surface area contributed by atoms with Crippen LogP contribution in [-0.2, 0) is 16.1 Å². The maximum atomic E-state index is 12.4. The normalized spacial score (nSPS) is 16.7. The predicted molar refractivity (Wildman–Crippen MR) is 100 cm³/mol. The van der Waals surface area contributed by atoms with Crippen molar-refractivity contribution in [2.45, 2.75) is 44.5 Å². The minimum Gasteiger partial charge on any atom is -0.444 e. The van der Waals surface area contributed by atoms with E-state index in [1.54, 1.807) is 18.5 Å². The molecule has 0 bridgehead atoms. The molecular weight excluding hydrogens is 386 g/mol. The number of H-pyrrole nitrogens is 1. The number of tetrazole rings is 1. The highest BCUT2D eigenvalue weighted by atomic mass is 32.2. The molecule has 1 amide bonds. The Morgan fingerprint density at radius 1 is 1.39 bits per heavy atom. The van der Waals surface area contributed by atoms with E-state index in [1.165, 1.54) is 11.8 Å². The van der Waals surface area contributed by atoms with E-state index < -0.39 is 5.56 Å². The van der Waals surface area contributed by atoms with Crippen molar-refractivity contribution >= 4 is 34.3 Å². The number of hydrogen-bond acceptors (Lipinski definition) is 9. The SMILES string of the molecule is Cc1n[nH]c(=O)c2c(NC(=O)CSc3nnnn3C[C@@H]3CCCO3)oc(C)c12. The Morgan fingerprint density at radius 3 is 3.04 bits per heavy atom. The lowest BCUT2D eigenvalue weighted by molar-refractivity contribution is -0.113. The van der Waals surface area contributed by atoms with Gasteiger partial charge in [0, 0.05) is 6.61 Å². The van der Waals surface area contributed by atoms with Gasteiger partial charge in [0.2, 0.25) is 16.9 Å². The number of rotatable bonds is 6. The van der Waals surface area contributed by atoms with E-state index in [2.05, 4.69) is 31.0 Å². The minimum absolute atomic E-state index is 0.0646. The second kappa shape index (κ2) is 7.72. The third-order valence-corrected chi connectivity index (χ3v) is 5.44. The van der Waals surface area contributed by atoms with Crippen LogP contribution in [-0.4, -0.2) is 54.8 Å². The molecule has 1 aliphatic rings. The van der Waals surface area contributed by atoms with E-state index in [4.69, 9.17) is 9.15 Å². The molecule has 4 heterocycles. The molecule has 3 aromatic rings. The van der Waals surface area contributed by atoms with Gasteiger partial charge >= 0.3 is 0 Å². The summed E-state index contributed by atoms with van der Waals surface area (Å²) in [5.74, 6) is 0.370. The summed E-state index contributed by atoms with van der Waals surface area (Å²) in [6.45, 7) is 4.79. The number of anilines is 1. The second-order valence-corrected chi connectivity index (χ2v) is 7.43. The summed E-state index contributed by atoms with van der Waals surface area (Å²) in [6.07, 6.45) is 2.10. The highest BCUT2D eigenvalue weighted by molar-refractivity contribution is 7.99. The first-order valence-corrected chi connectivity index (χ1v) is 9.80. The number of thioether (sulfide) groups is 1. The molecule has 1 saturated heterocycles. The Hall–Kier alpha value is -2.73. The van der Waals surface area contributed by atoms with Crippen molar-refractivity contribution in [3.63, 3.8) is 0 Å². The molecule has 148 valence electrons. The van der Waals surface area contributed by atoms with Crippen LogP contribution >= 0.6 is 11.8 Å². The Morgan fingerprint density at radius 2 is 2.25 bits per heavy atom. The molecule has 1 aliphatic heterocycles. The van der Waals surface area contributed by atoms with E-state index in [1.807, 2.05) is 0 Å². The number of aryl methyl sites for hydroxylation is 2. The molecule has 0 aliphatic carbocycles. The zero-order valence-electron chi connectivity index (χ0n) is 15.4. The fourth-order valence-corrected chi connectivity index (χ4v) is 3.91. The van der Waals surface area contributed by atoms with Crippen LogP contribution in [0.2, 0.25) is 0 Å². The van der Waals surface area contributed by atoms with Gasteiger partial charge in [0.1, 0.15) is 11.1 Å². The second-order valence-electron chi connectivity index (χ2n) is 6.49. The first-order valence-electron chi connectivity index (χ1n) is 8.81. The van der Waals surface area contributed by atoms with Gasteiger partial charge in [-0.05, 0) is 37.1 Å². The highest BCUT2D eigenvalue weighted by Crippen LogP contribution is 2.28. The molecule has 28 heavy (non-hydrogen) atoms. The Bertz CT molecular complexity index is 1070. The summed E-state index contributed by atoms with van der Waals surface area (Å²) in [5.41, 5.74) is 0.208. The average Bonchev–Trinajstić information content (AvgIpc) is 3.39. The van der Waals surface area contributed by atoms with Crippen LogP contribution in [0.4, 0.5) is 5.88 Å². The molecule has 1 fully saturated rings. The fraction of sp³-hybridized carbons (Fsp3) is 0.500. The van der Waals surface area contributed by atoms with Crippen molar-refractivity contribution in [2.24, 2.45) is 0 Å². The summed E-state index contributed by atoms with van der Waals surface area (Å²) in [4.78, 5) is 24.5. The van der Waals surface area contributed by atoms with Crippen LogP contribution in [0.25, 0.3) is 10.8 Å². The summed E-state index contributed by atoms with van der Waals surface area (Å²) < 4.78 is 12.8. The zero-order valence-corrected chi connectivity index (χ0v) is 16.2. The number of nitrogens with zero attached hydrogens (tertiary/aromatic N) is 5. The van der Waals surface area contributed by atoms with E-state index in [-0.39, 0.29) is 29.0 Å². The quantitative estimate of drug-likeness (QED) is 0.575. The van der Waals surface area contributed by atoms with Gasteiger partial charge in [-0.1, -0.05) is 11.8 Å². The third-order valence-electron chi connectivity index (χ3n) is 4.48. The van der Waals surface area contributed by atoms with Crippen molar-refractivity contribution in [3.8, 4) is 0 Å². The van der Waals surface area contributed by atoms with Crippen LogP contribution in [0.5, 0.6) is 0 Å². The smallest absolute Gasteiger partial charge is 0.277 e. The zero-order chi connectivity index (χ0) is 19.7. The number of amides is 1. The fourth-order valence-electron chi connectivity index (χ4n) is 3.22. The molecule has 0 spiro atoms. The lowest BCUT2D eigenvalue weighted by Crippen LogP contribution is -2.19. The molecular formula is C16H19N7O4S. The van der Waals surface area contributed by atoms with Gasteiger partial charge in [-0.15, -0.1) is 5.10 Å². The highest BCUT2D eigenvalue weighted by Gasteiger charge is 2.21. The summed E-state index contributed by atoms with van der Waals surface area (Å²) in [7, 11) is 0. The van der Waals surface area contributed by atoms with Crippen LogP contribution in [0.15, 0.2) is 14.4 Å². The molecule has 2 N–H and O–H groups in total. The maximum Gasteiger partial charge on any atom is 0.277 e. The first-order chi connectivity index (χ1) is 13.5. The minimum atomic E-state index is -0.416. The van der Waals surface area contributed by atoms with Gasteiger partial charge in [0.15, 0.2) is 0 Å². The molecule has 0 saturated carbocycles. The molecule has 0 radical (unpaired) electrons. The van der Waals surface area contributed by atoms with Crippen LogP contribution in [0.1, 0.15) is 24.3 Å². The van der Waals surface area contributed by atoms with Crippen molar-refractivity contribution in [3.05, 3.63) is 21.8 Å². The standard InChI is InChI=1S/C16H19N7O4S/c1-8-12-9(2)27-15(13(12)14(25)19-18-8)17-11(24)7-28-16-20-21-22-23(16)6-10-4-3-5-26-10/h10H,3-7H2,1-2H3,(H,17,24)(H,19,25)/t10-/m0/s1. The van der Waals surface area contributed by atoms with Gasteiger partial charge in [-0.2, -0.15) is 5.10 Å². The van der Waals surface area contributed by atoms with Crippen LogP contribution in [0, 0.1) is 13.8 Å². The molecule has 1 atom stereocenters. The van der Waals surface area contributed by atoms with Crippen LogP contribution in [0.3, 0.4) is 0 Å². The monoisotopic (exact) mass is 405 g/mol. The number of ether oxygens (including phenoxy) is 1. The summed E-state index contributed by atoms with van der Waals surface area (Å²) in [5, 5.41) is 22.0. The topological polar surface area (TPSA) is 141 Å². The average molecular weight is 405 g/mol. The maximum absolute atomic E-state index is 12.4. The van der Waals surface area contributed by atoms with E-state index in [0.717, 1.165) is 19.4 Å². The predicted octanol–water partition coefficient (Wildman–Crippen LogP) is 1.03. The molecule has 11 nitrogen and oxygen atoms in total. The van der Waals surface area contributed by atoms with Gasteiger partial charge in [0.25, 0.3) is 5.56 Å². The molecule has 0 unspecified atom stereocenters. The van der Waals surface area contributed by atoms with Crippen molar-refractivity contribution in [1.29, 1.82) is 0 Å². The molecule has 12 heteroatoms. The summed E-state index contributed by atoms with van der Waals surface area (Å²) >= 11 is 1.20. The number of fused-ring (bicyclic) bond motifs is 1.